The van der Waals surface area contributed by atoms with E-state index in [-0.39, 0.29) is 12.4 Å². The van der Waals surface area contributed by atoms with E-state index in [9.17, 15) is 8.42 Å². The molecule has 0 radical (unpaired) electrons. The van der Waals surface area contributed by atoms with Gasteiger partial charge in [0, 0.05) is 29.7 Å². The molecule has 4 nitrogen and oxygen atoms in total. The van der Waals surface area contributed by atoms with Gasteiger partial charge in [-0.2, -0.15) is 0 Å². The van der Waals surface area contributed by atoms with Gasteiger partial charge in [0.05, 0.1) is 10.6 Å². The number of para-hydroxylation sites is 1. The molecule has 6 heteroatoms. The average molecular weight is 347 g/mol. The number of hydrogen-bond acceptors (Lipinski definition) is 3. The van der Waals surface area contributed by atoms with Crippen molar-refractivity contribution < 1.29 is 8.42 Å². The lowest BCUT2D eigenvalue weighted by Gasteiger charge is -2.20. The van der Waals surface area contributed by atoms with Gasteiger partial charge in [-0.3, -0.25) is 9.29 Å². The van der Waals surface area contributed by atoms with Crippen molar-refractivity contribution in [2.75, 3.05) is 10.8 Å². The molecule has 1 aromatic heterocycles. The van der Waals surface area contributed by atoms with Gasteiger partial charge in [-0.05, 0) is 30.2 Å². The van der Waals surface area contributed by atoms with Crippen LogP contribution in [0, 0.1) is 0 Å². The molecule has 0 atom stereocenters. The van der Waals surface area contributed by atoms with E-state index in [0.29, 0.717) is 16.8 Å². The first-order valence-electron chi connectivity index (χ1n) is 7.11. The van der Waals surface area contributed by atoms with Gasteiger partial charge in [0.15, 0.2) is 0 Å². The first kappa shape index (κ1) is 15.8. The smallest absolute Gasteiger partial charge is 0.264 e. The summed E-state index contributed by atoms with van der Waals surface area (Å²) in [6.07, 6.45) is 4.06. The van der Waals surface area contributed by atoms with Crippen molar-refractivity contribution >= 4 is 38.9 Å². The number of sulfonamides is 1. The molecule has 0 unspecified atom stereocenters. The van der Waals surface area contributed by atoms with Gasteiger partial charge >= 0.3 is 0 Å². The monoisotopic (exact) mass is 346 g/mol. The zero-order valence-electron chi connectivity index (χ0n) is 12.2. The molecular weight excluding hydrogens is 332 g/mol. The van der Waals surface area contributed by atoms with Crippen molar-refractivity contribution in [1.82, 2.24) is 4.98 Å². The second kappa shape index (κ2) is 5.83. The fourth-order valence-electron chi connectivity index (χ4n) is 2.99. The van der Waals surface area contributed by atoms with E-state index in [4.69, 9.17) is 0 Å². The number of benzene rings is 2. The van der Waals surface area contributed by atoms with E-state index in [0.717, 1.165) is 23.1 Å². The molecule has 0 spiro atoms. The summed E-state index contributed by atoms with van der Waals surface area (Å²) in [6.45, 7) is 0.489. The Balaban J connectivity index is 0.00000156. The fraction of sp³-hybridized carbons (Fsp3) is 0.118. The Bertz CT molecular complexity index is 968. The van der Waals surface area contributed by atoms with Crippen molar-refractivity contribution in [2.24, 2.45) is 0 Å². The predicted octanol–water partition coefficient (Wildman–Crippen LogP) is 3.41. The third-order valence-electron chi connectivity index (χ3n) is 4.05. The zero-order valence-corrected chi connectivity index (χ0v) is 13.8. The van der Waals surface area contributed by atoms with Gasteiger partial charge in [0.2, 0.25) is 0 Å². The Hall–Kier alpha value is -2.11. The van der Waals surface area contributed by atoms with Crippen molar-refractivity contribution in [1.29, 1.82) is 0 Å². The largest absolute Gasteiger partial charge is 0.266 e. The maximum absolute atomic E-state index is 13.1. The molecule has 23 heavy (non-hydrogen) atoms. The Labute approximate surface area is 141 Å². The molecule has 2 aromatic carbocycles. The van der Waals surface area contributed by atoms with Crippen LogP contribution in [0.25, 0.3) is 10.8 Å². The number of hydrogen-bond donors (Lipinski definition) is 0. The second-order valence-corrected chi connectivity index (χ2v) is 7.14. The third kappa shape index (κ3) is 2.46. The van der Waals surface area contributed by atoms with Crippen molar-refractivity contribution in [3.05, 3.63) is 66.5 Å². The van der Waals surface area contributed by atoms with Gasteiger partial charge in [-0.1, -0.05) is 30.3 Å². The van der Waals surface area contributed by atoms with Crippen LogP contribution in [0.4, 0.5) is 5.69 Å². The topological polar surface area (TPSA) is 50.3 Å². The van der Waals surface area contributed by atoms with Gasteiger partial charge in [-0.15, -0.1) is 12.4 Å². The van der Waals surface area contributed by atoms with Crippen LogP contribution < -0.4 is 4.31 Å². The highest BCUT2D eigenvalue weighted by Crippen LogP contribution is 2.34. The van der Waals surface area contributed by atoms with Crippen LogP contribution in [0.2, 0.25) is 0 Å². The first-order chi connectivity index (χ1) is 10.7. The summed E-state index contributed by atoms with van der Waals surface area (Å²) in [5, 5.41) is 1.54. The van der Waals surface area contributed by atoms with E-state index >= 15 is 0 Å². The normalized spacial score (nSPS) is 13.7. The Morgan fingerprint density at radius 1 is 1.00 bits per heavy atom. The molecule has 0 saturated heterocycles. The fourth-order valence-corrected chi connectivity index (χ4v) is 4.71. The van der Waals surface area contributed by atoms with Gasteiger partial charge in [-0.25, -0.2) is 8.42 Å². The van der Waals surface area contributed by atoms with E-state index in [1.54, 1.807) is 30.6 Å². The number of pyridine rings is 1. The summed E-state index contributed by atoms with van der Waals surface area (Å²) in [5.74, 6) is 0. The number of fused-ring (bicyclic) bond motifs is 2. The first-order valence-corrected chi connectivity index (χ1v) is 8.55. The van der Waals surface area contributed by atoms with E-state index in [2.05, 4.69) is 4.98 Å². The van der Waals surface area contributed by atoms with Crippen molar-refractivity contribution in [3.8, 4) is 0 Å². The minimum absolute atomic E-state index is 0. The molecule has 0 N–H and O–H groups in total. The van der Waals surface area contributed by atoms with Crippen LogP contribution >= 0.6 is 12.4 Å². The molecule has 0 fully saturated rings. The summed E-state index contributed by atoms with van der Waals surface area (Å²) in [4.78, 5) is 4.40. The molecule has 1 aliphatic rings. The summed E-state index contributed by atoms with van der Waals surface area (Å²) < 4.78 is 27.7. The maximum atomic E-state index is 13.1. The highest BCUT2D eigenvalue weighted by Gasteiger charge is 2.31. The number of halogens is 1. The molecule has 118 valence electrons. The number of rotatable bonds is 2. The molecule has 4 rings (SSSR count). The van der Waals surface area contributed by atoms with Crippen LogP contribution in [0.5, 0.6) is 0 Å². The summed E-state index contributed by atoms with van der Waals surface area (Å²) in [7, 11) is -3.57. The van der Waals surface area contributed by atoms with Crippen LogP contribution in [-0.2, 0) is 16.4 Å². The lowest BCUT2D eigenvalue weighted by molar-refractivity contribution is 0.593. The number of nitrogens with zero attached hydrogens (tertiary/aromatic N) is 2. The molecule has 2 heterocycles. The van der Waals surface area contributed by atoms with Crippen LogP contribution in [0.15, 0.2) is 65.8 Å². The average Bonchev–Trinajstić information content (AvgIpc) is 2.99. The molecule has 0 saturated carbocycles. The minimum Gasteiger partial charge on any atom is -0.266 e. The molecule has 0 amide bonds. The molecule has 0 bridgehead atoms. The van der Waals surface area contributed by atoms with Gasteiger partial charge < -0.3 is 0 Å². The van der Waals surface area contributed by atoms with Crippen molar-refractivity contribution in [2.45, 2.75) is 11.3 Å². The molecule has 3 aromatic rings. The third-order valence-corrected chi connectivity index (χ3v) is 5.92. The lowest BCUT2D eigenvalue weighted by atomic mass is 10.2. The Kier molecular flexibility index (Phi) is 4.00. The lowest BCUT2D eigenvalue weighted by Crippen LogP contribution is -2.29. The van der Waals surface area contributed by atoms with E-state index in [1.807, 2.05) is 30.3 Å². The minimum atomic E-state index is -3.57. The summed E-state index contributed by atoms with van der Waals surface area (Å²) in [5.41, 5.74) is 1.86. The molecule has 0 aliphatic carbocycles. The number of aromatic nitrogens is 1. The highest BCUT2D eigenvalue weighted by molar-refractivity contribution is 7.93. The van der Waals surface area contributed by atoms with Crippen LogP contribution in [-0.4, -0.2) is 19.9 Å². The highest BCUT2D eigenvalue weighted by atomic mass is 35.5. The SMILES string of the molecule is Cl.O=S(=O)(c1cccc2cnccc12)N1CCc2ccccc21. The predicted molar refractivity (Wildman–Crippen MR) is 93.7 cm³/mol. The van der Waals surface area contributed by atoms with Crippen LogP contribution in [0.1, 0.15) is 5.56 Å². The van der Waals surface area contributed by atoms with Gasteiger partial charge in [0.25, 0.3) is 10.0 Å². The van der Waals surface area contributed by atoms with E-state index < -0.39 is 10.0 Å². The second-order valence-electron chi connectivity index (χ2n) is 5.31. The molecular formula is C17H15ClN2O2S. The Morgan fingerprint density at radius 2 is 1.83 bits per heavy atom. The summed E-state index contributed by atoms with van der Waals surface area (Å²) >= 11 is 0. The molecule has 1 aliphatic heterocycles. The quantitative estimate of drug-likeness (QED) is 0.714. The van der Waals surface area contributed by atoms with Crippen LogP contribution in [0.3, 0.4) is 0 Å². The number of anilines is 1. The maximum Gasteiger partial charge on any atom is 0.264 e. The van der Waals surface area contributed by atoms with Gasteiger partial charge in [0.1, 0.15) is 0 Å². The Morgan fingerprint density at radius 3 is 2.70 bits per heavy atom. The standard InChI is InChI=1S/C17H14N2O2S.ClH/c20-22(21,19-11-9-13-4-1-2-6-16(13)19)17-7-3-5-14-12-18-10-8-15(14)17;/h1-8,10,12H,9,11H2;1H. The zero-order chi connectivity index (χ0) is 15.2. The van der Waals surface area contributed by atoms with E-state index in [1.165, 1.54) is 4.31 Å². The van der Waals surface area contributed by atoms with Crippen molar-refractivity contribution in [3.63, 3.8) is 0 Å². The summed E-state index contributed by atoms with van der Waals surface area (Å²) in [6, 6.07) is 14.7.